The van der Waals surface area contributed by atoms with Gasteiger partial charge in [0.25, 0.3) is 11.8 Å². The van der Waals surface area contributed by atoms with E-state index in [-0.39, 0.29) is 17.3 Å². The Morgan fingerprint density at radius 2 is 1.52 bits per heavy atom. The fourth-order valence-corrected chi connectivity index (χ4v) is 2.53. The van der Waals surface area contributed by atoms with Gasteiger partial charge in [-0.05, 0) is 48.9 Å². The Morgan fingerprint density at radius 3 is 2.21 bits per heavy atom. The Kier molecular flexibility index (Phi) is 5.63. The number of nitrogens with zero attached hydrogens (tertiary/aromatic N) is 1. The standard InChI is InChI=1S/C21H16F3N3O2/c1-13-10-11-15(12-16(13)25-19(28)14-6-3-2-4-7-14)20(29)27-18-9-5-8-17(26-18)21(22,23)24/h2-12H,1H3,(H,25,28)(H,26,27,29). The summed E-state index contributed by atoms with van der Waals surface area (Å²) in [6, 6.07) is 16.4. The van der Waals surface area contributed by atoms with Crippen molar-refractivity contribution in [3.63, 3.8) is 0 Å². The van der Waals surface area contributed by atoms with Crippen LogP contribution in [0.5, 0.6) is 0 Å². The first-order valence-electron chi connectivity index (χ1n) is 8.57. The first-order valence-corrected chi connectivity index (χ1v) is 8.57. The van der Waals surface area contributed by atoms with E-state index in [1.54, 1.807) is 43.3 Å². The first-order chi connectivity index (χ1) is 13.7. The quantitative estimate of drug-likeness (QED) is 0.655. The molecule has 0 aliphatic carbocycles. The summed E-state index contributed by atoms with van der Waals surface area (Å²) in [5.74, 6) is -1.21. The van der Waals surface area contributed by atoms with Gasteiger partial charge in [0, 0.05) is 16.8 Å². The molecule has 148 valence electrons. The van der Waals surface area contributed by atoms with Crippen LogP contribution in [0.15, 0.2) is 66.7 Å². The molecule has 0 aliphatic heterocycles. The largest absolute Gasteiger partial charge is 0.433 e. The minimum absolute atomic E-state index is 0.165. The summed E-state index contributed by atoms with van der Waals surface area (Å²) in [5, 5.41) is 5.07. The van der Waals surface area contributed by atoms with Gasteiger partial charge in [-0.3, -0.25) is 9.59 Å². The van der Waals surface area contributed by atoms with Crippen LogP contribution in [0.2, 0.25) is 0 Å². The van der Waals surface area contributed by atoms with Crippen molar-refractivity contribution in [3.05, 3.63) is 89.1 Å². The van der Waals surface area contributed by atoms with Gasteiger partial charge >= 0.3 is 6.18 Å². The van der Waals surface area contributed by atoms with Gasteiger partial charge in [-0.1, -0.05) is 30.3 Å². The number of rotatable bonds is 4. The monoisotopic (exact) mass is 399 g/mol. The molecule has 1 aromatic heterocycles. The molecule has 0 saturated heterocycles. The second-order valence-corrected chi connectivity index (χ2v) is 6.21. The number of hydrogen-bond acceptors (Lipinski definition) is 3. The summed E-state index contributed by atoms with van der Waals surface area (Å²) >= 11 is 0. The number of alkyl halides is 3. The average molecular weight is 399 g/mol. The lowest BCUT2D eigenvalue weighted by molar-refractivity contribution is -0.141. The summed E-state index contributed by atoms with van der Waals surface area (Å²) in [6.45, 7) is 1.76. The van der Waals surface area contributed by atoms with Crippen LogP contribution in [-0.2, 0) is 6.18 Å². The van der Waals surface area contributed by atoms with E-state index in [1.807, 2.05) is 0 Å². The van der Waals surface area contributed by atoms with E-state index < -0.39 is 17.8 Å². The van der Waals surface area contributed by atoms with Crippen LogP contribution in [0.1, 0.15) is 32.0 Å². The SMILES string of the molecule is Cc1ccc(C(=O)Nc2cccc(C(F)(F)F)n2)cc1NC(=O)c1ccccc1. The fraction of sp³-hybridized carbons (Fsp3) is 0.0952. The average Bonchev–Trinajstić information content (AvgIpc) is 2.69. The predicted octanol–water partition coefficient (Wildman–Crippen LogP) is 4.91. The van der Waals surface area contributed by atoms with Crippen molar-refractivity contribution in [1.82, 2.24) is 4.98 Å². The molecule has 3 rings (SSSR count). The minimum atomic E-state index is -4.61. The van der Waals surface area contributed by atoms with Crippen LogP contribution < -0.4 is 10.6 Å². The summed E-state index contributed by atoms with van der Waals surface area (Å²) in [4.78, 5) is 28.2. The molecule has 3 aromatic rings. The first kappa shape index (κ1) is 20.1. The number of carbonyl (C=O) groups excluding carboxylic acids is 2. The number of pyridine rings is 1. The lowest BCUT2D eigenvalue weighted by Gasteiger charge is -2.12. The lowest BCUT2D eigenvalue weighted by Crippen LogP contribution is -2.17. The Hall–Kier alpha value is -3.68. The van der Waals surface area contributed by atoms with E-state index in [4.69, 9.17) is 0 Å². The zero-order valence-corrected chi connectivity index (χ0v) is 15.2. The van der Waals surface area contributed by atoms with Gasteiger partial charge in [-0.15, -0.1) is 0 Å². The number of carbonyl (C=O) groups is 2. The number of aryl methyl sites for hydroxylation is 1. The number of amides is 2. The summed E-state index contributed by atoms with van der Waals surface area (Å²) in [5.41, 5.74) is 0.662. The van der Waals surface area contributed by atoms with Gasteiger partial charge < -0.3 is 10.6 Å². The van der Waals surface area contributed by atoms with E-state index in [0.717, 1.165) is 17.7 Å². The molecule has 2 aromatic carbocycles. The molecule has 1 heterocycles. The second kappa shape index (κ2) is 8.14. The van der Waals surface area contributed by atoms with Crippen molar-refractivity contribution < 1.29 is 22.8 Å². The molecule has 8 heteroatoms. The zero-order valence-electron chi connectivity index (χ0n) is 15.2. The van der Waals surface area contributed by atoms with Crippen LogP contribution in [0.4, 0.5) is 24.7 Å². The van der Waals surface area contributed by atoms with Gasteiger partial charge in [0.1, 0.15) is 11.5 Å². The minimum Gasteiger partial charge on any atom is -0.322 e. The van der Waals surface area contributed by atoms with E-state index in [0.29, 0.717) is 11.3 Å². The second-order valence-electron chi connectivity index (χ2n) is 6.21. The molecule has 2 amide bonds. The highest BCUT2D eigenvalue weighted by atomic mass is 19.4. The van der Waals surface area contributed by atoms with Gasteiger partial charge in [0.2, 0.25) is 0 Å². The highest BCUT2D eigenvalue weighted by Crippen LogP contribution is 2.28. The van der Waals surface area contributed by atoms with E-state index in [1.165, 1.54) is 18.2 Å². The van der Waals surface area contributed by atoms with Crippen LogP contribution in [0.3, 0.4) is 0 Å². The molecule has 0 radical (unpaired) electrons. The maximum absolute atomic E-state index is 12.8. The third-order valence-corrected chi connectivity index (χ3v) is 4.07. The van der Waals surface area contributed by atoms with Crippen LogP contribution in [0, 0.1) is 6.92 Å². The third-order valence-electron chi connectivity index (χ3n) is 4.07. The summed E-state index contributed by atoms with van der Waals surface area (Å²) in [6.07, 6.45) is -4.61. The maximum Gasteiger partial charge on any atom is 0.433 e. The third kappa shape index (κ3) is 4.98. The van der Waals surface area contributed by atoms with Crippen molar-refractivity contribution in [1.29, 1.82) is 0 Å². The number of aromatic nitrogens is 1. The summed E-state index contributed by atoms with van der Waals surface area (Å²) < 4.78 is 38.3. The molecular weight excluding hydrogens is 383 g/mol. The number of halogens is 3. The van der Waals surface area contributed by atoms with Gasteiger partial charge in [-0.2, -0.15) is 13.2 Å². The molecule has 5 nitrogen and oxygen atoms in total. The van der Waals surface area contributed by atoms with E-state index in [9.17, 15) is 22.8 Å². The molecule has 0 aliphatic rings. The van der Waals surface area contributed by atoms with Crippen molar-refractivity contribution in [2.75, 3.05) is 10.6 Å². The van der Waals surface area contributed by atoms with Crippen molar-refractivity contribution in [3.8, 4) is 0 Å². The molecular formula is C21H16F3N3O2. The highest BCUT2D eigenvalue weighted by molar-refractivity contribution is 6.07. The molecule has 29 heavy (non-hydrogen) atoms. The van der Waals surface area contributed by atoms with Crippen molar-refractivity contribution >= 4 is 23.3 Å². The Labute approximate surface area is 164 Å². The van der Waals surface area contributed by atoms with E-state index >= 15 is 0 Å². The molecule has 0 unspecified atom stereocenters. The molecule has 2 N–H and O–H groups in total. The molecule has 0 saturated carbocycles. The number of benzene rings is 2. The lowest BCUT2D eigenvalue weighted by atomic mass is 10.1. The van der Waals surface area contributed by atoms with Crippen LogP contribution >= 0.6 is 0 Å². The van der Waals surface area contributed by atoms with Gasteiger partial charge in [-0.25, -0.2) is 4.98 Å². The predicted molar refractivity (Wildman–Crippen MR) is 103 cm³/mol. The van der Waals surface area contributed by atoms with Crippen LogP contribution in [-0.4, -0.2) is 16.8 Å². The smallest absolute Gasteiger partial charge is 0.322 e. The number of hydrogen-bond donors (Lipinski definition) is 2. The molecule has 0 spiro atoms. The van der Waals surface area contributed by atoms with E-state index in [2.05, 4.69) is 15.6 Å². The van der Waals surface area contributed by atoms with Crippen molar-refractivity contribution in [2.24, 2.45) is 0 Å². The van der Waals surface area contributed by atoms with Gasteiger partial charge in [0.15, 0.2) is 0 Å². The number of anilines is 2. The normalized spacial score (nSPS) is 11.0. The highest BCUT2D eigenvalue weighted by Gasteiger charge is 2.32. The fourth-order valence-electron chi connectivity index (χ4n) is 2.53. The molecule has 0 fully saturated rings. The maximum atomic E-state index is 12.8. The molecule has 0 bridgehead atoms. The molecule has 0 atom stereocenters. The zero-order chi connectivity index (χ0) is 21.0. The topological polar surface area (TPSA) is 71.1 Å². The Morgan fingerprint density at radius 1 is 0.828 bits per heavy atom. The summed E-state index contributed by atoms with van der Waals surface area (Å²) in [7, 11) is 0. The Bertz CT molecular complexity index is 1050. The van der Waals surface area contributed by atoms with Crippen molar-refractivity contribution in [2.45, 2.75) is 13.1 Å². The van der Waals surface area contributed by atoms with Gasteiger partial charge in [0.05, 0.1) is 0 Å². The number of nitrogens with one attached hydrogen (secondary N) is 2. The van der Waals surface area contributed by atoms with Crippen LogP contribution in [0.25, 0.3) is 0 Å². The Balaban J connectivity index is 1.78.